The quantitative estimate of drug-likeness (QED) is 0.846. The number of ether oxygens (including phenoxy) is 2. The van der Waals surface area contributed by atoms with Gasteiger partial charge in [0, 0.05) is 12.1 Å². The molecular formula is C20H22FNO4. The molecule has 0 aliphatic carbocycles. The zero-order valence-electron chi connectivity index (χ0n) is 14.9. The summed E-state index contributed by atoms with van der Waals surface area (Å²) in [6.45, 7) is 6.00. The van der Waals surface area contributed by atoms with Gasteiger partial charge in [-0.2, -0.15) is 0 Å². The lowest BCUT2D eigenvalue weighted by molar-refractivity contribution is 0.0692. The van der Waals surface area contributed by atoms with Crippen molar-refractivity contribution in [3.8, 4) is 11.5 Å². The maximum Gasteiger partial charge on any atom is 0.339 e. The normalized spacial score (nSPS) is 13.3. The van der Waals surface area contributed by atoms with E-state index in [9.17, 15) is 14.3 Å². The van der Waals surface area contributed by atoms with Gasteiger partial charge in [0.2, 0.25) is 0 Å². The third kappa shape index (κ3) is 3.90. The van der Waals surface area contributed by atoms with Crippen molar-refractivity contribution in [2.45, 2.75) is 20.4 Å². The second-order valence-corrected chi connectivity index (χ2v) is 6.69. The molecule has 0 radical (unpaired) electrons. The molecule has 26 heavy (non-hydrogen) atoms. The van der Waals surface area contributed by atoms with E-state index in [4.69, 9.17) is 9.47 Å². The van der Waals surface area contributed by atoms with Gasteiger partial charge in [-0.25, -0.2) is 9.18 Å². The highest BCUT2D eigenvalue weighted by Crippen LogP contribution is 2.36. The zero-order valence-corrected chi connectivity index (χ0v) is 14.9. The summed E-state index contributed by atoms with van der Waals surface area (Å²) in [5, 5.41) is 9.35. The Balaban J connectivity index is 1.90. The Labute approximate surface area is 152 Å². The highest BCUT2D eigenvalue weighted by molar-refractivity contribution is 5.93. The van der Waals surface area contributed by atoms with Gasteiger partial charge in [0.25, 0.3) is 0 Å². The first-order valence-electron chi connectivity index (χ1n) is 8.61. The van der Waals surface area contributed by atoms with Gasteiger partial charge < -0.3 is 19.5 Å². The summed E-state index contributed by atoms with van der Waals surface area (Å²) in [5.41, 5.74) is 1.54. The highest BCUT2D eigenvalue weighted by atomic mass is 19.1. The van der Waals surface area contributed by atoms with E-state index in [1.54, 1.807) is 12.1 Å². The van der Waals surface area contributed by atoms with Crippen LogP contribution in [0.5, 0.6) is 11.5 Å². The van der Waals surface area contributed by atoms with Crippen molar-refractivity contribution in [2.75, 3.05) is 24.7 Å². The first-order valence-corrected chi connectivity index (χ1v) is 8.61. The molecule has 1 heterocycles. The summed E-state index contributed by atoms with van der Waals surface area (Å²) in [7, 11) is 0. The topological polar surface area (TPSA) is 59.0 Å². The number of carbonyl (C=O) groups is 1. The number of halogens is 1. The lowest BCUT2D eigenvalue weighted by atomic mass is 10.1. The maximum absolute atomic E-state index is 13.8. The summed E-state index contributed by atoms with van der Waals surface area (Å²) in [4.78, 5) is 13.4. The van der Waals surface area contributed by atoms with Gasteiger partial charge in [-0.15, -0.1) is 0 Å². The van der Waals surface area contributed by atoms with E-state index in [1.165, 1.54) is 18.2 Å². The number of benzene rings is 2. The molecule has 0 saturated heterocycles. The molecule has 3 rings (SSSR count). The number of anilines is 1. The number of para-hydroxylation sites is 1. The van der Waals surface area contributed by atoms with Crippen LogP contribution in [-0.4, -0.2) is 30.8 Å². The molecule has 6 heteroatoms. The Morgan fingerprint density at radius 2 is 2.15 bits per heavy atom. The second-order valence-electron chi connectivity index (χ2n) is 6.69. The number of carboxylic acid groups (broad SMARTS) is 1. The van der Waals surface area contributed by atoms with Crippen LogP contribution in [0.2, 0.25) is 0 Å². The zero-order chi connectivity index (χ0) is 18.7. The van der Waals surface area contributed by atoms with Crippen LogP contribution < -0.4 is 14.4 Å². The SMILES string of the molecule is CC(C)COc1ccc(F)cc1CN1CCOc2c(C(=O)O)cccc21. The molecule has 0 bridgehead atoms. The lowest BCUT2D eigenvalue weighted by Crippen LogP contribution is -2.33. The summed E-state index contributed by atoms with van der Waals surface area (Å²) in [6.07, 6.45) is 0. The first kappa shape index (κ1) is 18.0. The average Bonchev–Trinajstić information content (AvgIpc) is 2.60. The Hall–Kier alpha value is -2.76. The van der Waals surface area contributed by atoms with Crippen molar-refractivity contribution in [1.82, 2.24) is 0 Å². The van der Waals surface area contributed by atoms with Gasteiger partial charge in [-0.3, -0.25) is 0 Å². The van der Waals surface area contributed by atoms with E-state index in [0.717, 1.165) is 5.56 Å². The Morgan fingerprint density at radius 1 is 1.35 bits per heavy atom. The Bertz CT molecular complexity index is 806. The fourth-order valence-corrected chi connectivity index (χ4v) is 2.91. The molecule has 0 spiro atoms. The van der Waals surface area contributed by atoms with Crippen molar-refractivity contribution in [2.24, 2.45) is 5.92 Å². The molecule has 1 N–H and O–H groups in total. The summed E-state index contributed by atoms with van der Waals surface area (Å²) < 4.78 is 25.2. The molecule has 0 unspecified atom stereocenters. The summed E-state index contributed by atoms with van der Waals surface area (Å²) in [5.74, 6) is -0.00921. The molecule has 0 amide bonds. The highest BCUT2D eigenvalue weighted by Gasteiger charge is 2.24. The number of hydrogen-bond donors (Lipinski definition) is 1. The van der Waals surface area contributed by atoms with Crippen LogP contribution in [0.1, 0.15) is 29.8 Å². The number of carboxylic acids is 1. The van der Waals surface area contributed by atoms with Gasteiger partial charge in [-0.1, -0.05) is 19.9 Å². The van der Waals surface area contributed by atoms with Crippen LogP contribution in [0.4, 0.5) is 10.1 Å². The number of aromatic carboxylic acids is 1. The summed E-state index contributed by atoms with van der Waals surface area (Å²) >= 11 is 0. The molecule has 0 fully saturated rings. The number of nitrogens with zero attached hydrogens (tertiary/aromatic N) is 1. The molecule has 138 valence electrons. The van der Waals surface area contributed by atoms with Crippen molar-refractivity contribution >= 4 is 11.7 Å². The molecule has 0 atom stereocenters. The van der Waals surface area contributed by atoms with Crippen molar-refractivity contribution in [3.05, 3.63) is 53.3 Å². The molecule has 5 nitrogen and oxygen atoms in total. The Kier molecular flexibility index (Phi) is 5.30. The van der Waals surface area contributed by atoms with Crippen LogP contribution >= 0.6 is 0 Å². The molecule has 0 aromatic heterocycles. The molecular weight excluding hydrogens is 337 g/mol. The molecule has 2 aromatic rings. The van der Waals surface area contributed by atoms with E-state index in [-0.39, 0.29) is 11.4 Å². The molecule has 1 aliphatic rings. The smallest absolute Gasteiger partial charge is 0.339 e. The number of fused-ring (bicyclic) bond motifs is 1. The number of rotatable bonds is 6. The third-order valence-electron chi connectivity index (χ3n) is 4.13. The van der Waals surface area contributed by atoms with E-state index >= 15 is 0 Å². The largest absolute Gasteiger partial charge is 0.493 e. The second kappa shape index (κ2) is 7.64. The standard InChI is InChI=1S/C20H22FNO4/c1-13(2)12-26-18-7-6-15(21)10-14(18)11-22-8-9-25-19-16(20(23)24)4-3-5-17(19)22/h3-7,10,13H,8-9,11-12H2,1-2H3,(H,23,24). The van der Waals surface area contributed by atoms with Crippen LogP contribution in [0.25, 0.3) is 0 Å². The fourth-order valence-electron chi connectivity index (χ4n) is 2.91. The minimum absolute atomic E-state index is 0.128. The fraction of sp³-hybridized carbons (Fsp3) is 0.350. The average molecular weight is 359 g/mol. The van der Waals surface area contributed by atoms with Crippen LogP contribution in [0.3, 0.4) is 0 Å². The third-order valence-corrected chi connectivity index (χ3v) is 4.13. The van der Waals surface area contributed by atoms with Crippen LogP contribution in [0, 0.1) is 11.7 Å². The van der Waals surface area contributed by atoms with Crippen molar-refractivity contribution in [1.29, 1.82) is 0 Å². The first-order chi connectivity index (χ1) is 12.5. The van der Waals surface area contributed by atoms with Gasteiger partial charge in [0.15, 0.2) is 5.75 Å². The van der Waals surface area contributed by atoms with Gasteiger partial charge in [0.1, 0.15) is 23.7 Å². The van der Waals surface area contributed by atoms with Crippen molar-refractivity contribution in [3.63, 3.8) is 0 Å². The molecule has 2 aromatic carbocycles. The predicted molar refractivity (Wildman–Crippen MR) is 96.7 cm³/mol. The summed E-state index contributed by atoms with van der Waals surface area (Å²) in [6, 6.07) is 9.51. The van der Waals surface area contributed by atoms with Gasteiger partial charge in [0.05, 0.1) is 18.8 Å². The van der Waals surface area contributed by atoms with Crippen LogP contribution in [0.15, 0.2) is 36.4 Å². The minimum Gasteiger partial charge on any atom is -0.493 e. The van der Waals surface area contributed by atoms with E-state index < -0.39 is 5.97 Å². The number of hydrogen-bond acceptors (Lipinski definition) is 4. The predicted octanol–water partition coefficient (Wildman–Crippen LogP) is 3.96. The van der Waals surface area contributed by atoms with E-state index in [1.807, 2.05) is 11.0 Å². The van der Waals surface area contributed by atoms with Crippen molar-refractivity contribution < 1.29 is 23.8 Å². The minimum atomic E-state index is -1.03. The Morgan fingerprint density at radius 3 is 2.88 bits per heavy atom. The monoisotopic (exact) mass is 359 g/mol. The lowest BCUT2D eigenvalue weighted by Gasteiger charge is -2.32. The maximum atomic E-state index is 13.8. The molecule has 1 aliphatic heterocycles. The molecule has 0 saturated carbocycles. The van der Waals surface area contributed by atoms with Crippen LogP contribution in [-0.2, 0) is 6.54 Å². The van der Waals surface area contributed by atoms with E-state index in [2.05, 4.69) is 13.8 Å². The van der Waals surface area contributed by atoms with E-state index in [0.29, 0.717) is 49.4 Å². The van der Waals surface area contributed by atoms with Gasteiger partial charge >= 0.3 is 5.97 Å². The van der Waals surface area contributed by atoms with Gasteiger partial charge in [-0.05, 0) is 36.2 Å².